The van der Waals surface area contributed by atoms with Gasteiger partial charge in [-0.1, -0.05) is 12.8 Å². The van der Waals surface area contributed by atoms with Crippen LogP contribution >= 0.6 is 11.3 Å². The van der Waals surface area contributed by atoms with Gasteiger partial charge < -0.3 is 10.4 Å². The molecule has 0 atom stereocenters. The molecule has 1 aromatic heterocycles. The number of thiazole rings is 1. The maximum atomic E-state index is 11.7. The van der Waals surface area contributed by atoms with Gasteiger partial charge in [0, 0.05) is 11.8 Å². The first-order chi connectivity index (χ1) is 8.63. The average Bonchev–Trinajstić information content (AvgIpc) is 2.89. The third-order valence-electron chi connectivity index (χ3n) is 3.08. The van der Waals surface area contributed by atoms with Gasteiger partial charge in [0.05, 0.1) is 12.1 Å². The van der Waals surface area contributed by atoms with Gasteiger partial charge >= 0.3 is 5.97 Å². The van der Waals surface area contributed by atoms with Crippen LogP contribution in [0.3, 0.4) is 0 Å². The summed E-state index contributed by atoms with van der Waals surface area (Å²) in [7, 11) is 0. The summed E-state index contributed by atoms with van der Waals surface area (Å²) in [6.45, 7) is 0. The number of nitrogens with zero attached hydrogens (tertiary/aromatic N) is 1. The molecule has 1 saturated carbocycles. The van der Waals surface area contributed by atoms with E-state index in [1.54, 1.807) is 5.38 Å². The molecule has 18 heavy (non-hydrogen) atoms. The van der Waals surface area contributed by atoms with Crippen molar-refractivity contribution in [1.82, 2.24) is 4.98 Å². The summed E-state index contributed by atoms with van der Waals surface area (Å²) < 4.78 is 0. The minimum absolute atomic E-state index is 0.0156. The summed E-state index contributed by atoms with van der Waals surface area (Å²) in [5, 5.41) is 13.5. The van der Waals surface area contributed by atoms with Crippen LogP contribution in [0.5, 0.6) is 0 Å². The second-order valence-electron chi connectivity index (χ2n) is 4.62. The Morgan fingerprint density at radius 2 is 2.17 bits per heavy atom. The average molecular weight is 268 g/mol. The molecule has 2 N–H and O–H groups in total. The first-order valence-corrected chi connectivity index (χ1v) is 6.97. The number of aliphatic carboxylic acids is 1. The first-order valence-electron chi connectivity index (χ1n) is 6.09. The molecule has 2 rings (SSSR count). The van der Waals surface area contributed by atoms with Crippen LogP contribution in [0.4, 0.5) is 5.13 Å². The lowest BCUT2D eigenvalue weighted by atomic mass is 10.0. The number of aromatic nitrogens is 1. The predicted octanol–water partition coefficient (Wildman–Crippen LogP) is 2.29. The number of hydrogen-bond donors (Lipinski definition) is 2. The second kappa shape index (κ2) is 5.95. The molecule has 1 aliphatic carbocycles. The van der Waals surface area contributed by atoms with Crippen molar-refractivity contribution in [2.45, 2.75) is 38.5 Å². The molecule has 1 fully saturated rings. The van der Waals surface area contributed by atoms with E-state index in [0.717, 1.165) is 12.8 Å². The van der Waals surface area contributed by atoms with Crippen molar-refractivity contribution in [3.05, 3.63) is 11.1 Å². The fourth-order valence-electron chi connectivity index (χ4n) is 2.25. The minimum atomic E-state index is -0.913. The number of carbonyl (C=O) groups is 2. The van der Waals surface area contributed by atoms with E-state index < -0.39 is 5.97 Å². The Bertz CT molecular complexity index is 438. The zero-order valence-electron chi connectivity index (χ0n) is 10.0. The highest BCUT2D eigenvalue weighted by Crippen LogP contribution is 2.28. The monoisotopic (exact) mass is 268 g/mol. The summed E-state index contributed by atoms with van der Waals surface area (Å²) in [5.41, 5.74) is 0.490. The van der Waals surface area contributed by atoms with Gasteiger partial charge in [-0.3, -0.25) is 9.59 Å². The van der Waals surface area contributed by atoms with Crippen molar-refractivity contribution in [3.8, 4) is 0 Å². The molecule has 1 aromatic rings. The summed E-state index contributed by atoms with van der Waals surface area (Å²) in [6, 6.07) is 0. The van der Waals surface area contributed by atoms with Crippen LogP contribution in [-0.2, 0) is 16.0 Å². The number of carbonyl (C=O) groups excluding carboxylic acids is 1. The zero-order chi connectivity index (χ0) is 13.0. The van der Waals surface area contributed by atoms with E-state index in [9.17, 15) is 9.59 Å². The van der Waals surface area contributed by atoms with Crippen molar-refractivity contribution in [2.75, 3.05) is 5.32 Å². The molecule has 1 heterocycles. The van der Waals surface area contributed by atoms with Crippen LogP contribution in [-0.4, -0.2) is 22.0 Å². The Kier molecular flexibility index (Phi) is 4.30. The second-order valence-corrected chi connectivity index (χ2v) is 5.48. The van der Waals surface area contributed by atoms with Crippen molar-refractivity contribution >= 4 is 28.3 Å². The van der Waals surface area contributed by atoms with Gasteiger partial charge in [0.1, 0.15) is 0 Å². The quantitative estimate of drug-likeness (QED) is 0.858. The van der Waals surface area contributed by atoms with E-state index in [1.165, 1.54) is 24.2 Å². The molecule has 98 valence electrons. The molecular formula is C12H16N2O3S. The topological polar surface area (TPSA) is 79.3 Å². The standard InChI is InChI=1S/C12H16N2O3S/c15-10(5-8-3-1-2-4-8)14-12-13-9(7-18-12)6-11(16)17/h7-8H,1-6H2,(H,16,17)(H,13,14,15). The van der Waals surface area contributed by atoms with Crippen molar-refractivity contribution in [1.29, 1.82) is 0 Å². The van der Waals surface area contributed by atoms with E-state index >= 15 is 0 Å². The molecular weight excluding hydrogens is 252 g/mol. The Balaban J connectivity index is 1.82. The first kappa shape index (κ1) is 13.0. The molecule has 6 heteroatoms. The minimum Gasteiger partial charge on any atom is -0.481 e. The molecule has 0 spiro atoms. The van der Waals surface area contributed by atoms with Crippen LogP contribution in [0, 0.1) is 5.92 Å². The molecule has 0 unspecified atom stereocenters. The summed E-state index contributed by atoms with van der Waals surface area (Å²) in [4.78, 5) is 26.3. The van der Waals surface area contributed by atoms with Crippen molar-refractivity contribution in [3.63, 3.8) is 0 Å². The molecule has 1 amide bonds. The highest BCUT2D eigenvalue weighted by molar-refractivity contribution is 7.13. The molecule has 1 aliphatic rings. The van der Waals surface area contributed by atoms with Crippen molar-refractivity contribution in [2.24, 2.45) is 5.92 Å². The predicted molar refractivity (Wildman–Crippen MR) is 68.7 cm³/mol. The summed E-state index contributed by atoms with van der Waals surface area (Å²) in [5.74, 6) is -0.425. The van der Waals surface area contributed by atoms with Crippen LogP contribution < -0.4 is 5.32 Å². The maximum Gasteiger partial charge on any atom is 0.309 e. The van der Waals surface area contributed by atoms with Crippen LogP contribution in [0.2, 0.25) is 0 Å². The fraction of sp³-hybridized carbons (Fsp3) is 0.583. The van der Waals surface area contributed by atoms with E-state index in [4.69, 9.17) is 5.11 Å². The highest BCUT2D eigenvalue weighted by Gasteiger charge is 2.19. The zero-order valence-corrected chi connectivity index (χ0v) is 10.8. The maximum absolute atomic E-state index is 11.7. The number of rotatable bonds is 5. The normalized spacial score (nSPS) is 15.8. The Morgan fingerprint density at radius 1 is 1.44 bits per heavy atom. The number of nitrogens with one attached hydrogen (secondary N) is 1. The fourth-order valence-corrected chi connectivity index (χ4v) is 2.97. The van der Waals surface area contributed by atoms with Gasteiger partial charge in [-0.05, 0) is 18.8 Å². The Labute approximate surface area is 109 Å². The van der Waals surface area contributed by atoms with Crippen molar-refractivity contribution < 1.29 is 14.7 Å². The Morgan fingerprint density at radius 3 is 2.83 bits per heavy atom. The molecule has 0 saturated heterocycles. The molecule has 0 radical (unpaired) electrons. The van der Waals surface area contributed by atoms with E-state index in [0.29, 0.717) is 23.2 Å². The van der Waals surface area contributed by atoms with Gasteiger partial charge in [-0.15, -0.1) is 11.3 Å². The summed E-state index contributed by atoms with van der Waals surface area (Å²) >= 11 is 1.27. The van der Waals surface area contributed by atoms with Gasteiger partial charge in [0.25, 0.3) is 0 Å². The Hall–Kier alpha value is -1.43. The van der Waals surface area contributed by atoms with Crippen LogP contribution in [0.25, 0.3) is 0 Å². The van der Waals surface area contributed by atoms with Gasteiger partial charge in [0.15, 0.2) is 5.13 Å². The van der Waals surface area contributed by atoms with Gasteiger partial charge in [0.2, 0.25) is 5.91 Å². The lowest BCUT2D eigenvalue weighted by Crippen LogP contribution is -2.15. The largest absolute Gasteiger partial charge is 0.481 e. The highest BCUT2D eigenvalue weighted by atomic mass is 32.1. The third kappa shape index (κ3) is 3.80. The molecule has 0 bridgehead atoms. The lowest BCUT2D eigenvalue weighted by molar-refractivity contribution is -0.136. The number of carboxylic acids is 1. The number of hydrogen-bond acceptors (Lipinski definition) is 4. The van der Waals surface area contributed by atoms with Gasteiger partial charge in [-0.2, -0.15) is 0 Å². The molecule has 0 aromatic carbocycles. The lowest BCUT2D eigenvalue weighted by Gasteiger charge is -2.07. The van der Waals surface area contributed by atoms with Gasteiger partial charge in [-0.25, -0.2) is 4.98 Å². The summed E-state index contributed by atoms with van der Waals surface area (Å²) in [6.07, 6.45) is 5.16. The number of anilines is 1. The van der Waals surface area contributed by atoms with E-state index in [1.807, 2.05) is 0 Å². The smallest absolute Gasteiger partial charge is 0.309 e. The van der Waals surface area contributed by atoms with Crippen LogP contribution in [0.15, 0.2) is 5.38 Å². The third-order valence-corrected chi connectivity index (χ3v) is 3.89. The van der Waals surface area contributed by atoms with E-state index in [-0.39, 0.29) is 12.3 Å². The van der Waals surface area contributed by atoms with E-state index in [2.05, 4.69) is 10.3 Å². The van der Waals surface area contributed by atoms with Crippen LogP contribution in [0.1, 0.15) is 37.8 Å². The number of amides is 1. The number of carboxylic acid groups (broad SMARTS) is 1. The SMILES string of the molecule is O=C(O)Cc1csc(NC(=O)CC2CCCC2)n1. The molecule has 0 aliphatic heterocycles. The molecule has 5 nitrogen and oxygen atoms in total.